The summed E-state index contributed by atoms with van der Waals surface area (Å²) in [4.78, 5) is 20.9. The Kier molecular flexibility index (Phi) is 4.99. The second kappa shape index (κ2) is 6.07. The first kappa shape index (κ1) is 14.8. The van der Waals surface area contributed by atoms with Gasteiger partial charge in [0.2, 0.25) is 0 Å². The number of hydrogen-bond donors (Lipinski definition) is 1. The van der Waals surface area contributed by atoms with Crippen molar-refractivity contribution in [2.24, 2.45) is 10.9 Å². The maximum Gasteiger partial charge on any atom is 0.303 e. The molecule has 2 N–H and O–H groups in total. The maximum atomic E-state index is 13.0. The average Bonchev–Trinajstić information content (AvgIpc) is 2.52. The lowest BCUT2D eigenvalue weighted by Gasteiger charge is -2.10. The van der Waals surface area contributed by atoms with Crippen molar-refractivity contribution in [3.63, 3.8) is 0 Å². The van der Waals surface area contributed by atoms with E-state index in [0.29, 0.717) is 12.0 Å². The van der Waals surface area contributed by atoms with E-state index in [-0.39, 0.29) is 12.0 Å². The topological polar surface area (TPSA) is 72.5 Å². The molecule has 0 aromatic heterocycles. The summed E-state index contributed by atoms with van der Waals surface area (Å²) in [7, 11) is 1.46. The van der Waals surface area contributed by atoms with Gasteiger partial charge in [0.15, 0.2) is 0 Å². The second-order valence-corrected chi connectivity index (χ2v) is 4.60. The molecule has 1 amide bonds. The molecule has 1 aliphatic carbocycles. The Labute approximate surface area is 105 Å². The van der Waals surface area contributed by atoms with Gasteiger partial charge in [-0.3, -0.25) is 4.79 Å². The van der Waals surface area contributed by atoms with Crippen LogP contribution in [0.5, 0.6) is 0 Å². The van der Waals surface area contributed by atoms with Crippen molar-refractivity contribution in [2.75, 3.05) is 0 Å². The van der Waals surface area contributed by atoms with E-state index < -0.39 is 17.6 Å². The lowest BCUT2D eigenvalue weighted by atomic mass is 10.1. The number of carbonyl (C=O) groups is 1. The smallest absolute Gasteiger partial charge is 0.303 e. The van der Waals surface area contributed by atoms with Crippen molar-refractivity contribution in [1.29, 1.82) is 0 Å². The largest absolute Gasteiger partial charge is 0.319 e. The van der Waals surface area contributed by atoms with Crippen LogP contribution in [0.1, 0.15) is 12.8 Å². The second-order valence-electron chi connectivity index (χ2n) is 3.87. The van der Waals surface area contributed by atoms with Gasteiger partial charge in [-0.2, -0.15) is 8.78 Å². The van der Waals surface area contributed by atoms with Crippen LogP contribution in [0.4, 0.5) is 8.78 Å². The van der Waals surface area contributed by atoms with E-state index in [0.717, 1.165) is 0 Å². The van der Waals surface area contributed by atoms with E-state index in [9.17, 15) is 18.5 Å². The number of rotatable bonds is 4. The highest BCUT2D eigenvalue weighted by Crippen LogP contribution is 2.33. The molecule has 1 aliphatic rings. The van der Waals surface area contributed by atoms with Crippen molar-refractivity contribution in [1.82, 2.24) is 0 Å². The molecule has 0 fully saturated rings. The van der Waals surface area contributed by atoms with E-state index >= 15 is 0 Å². The molecule has 98 valence electrons. The maximum absolute atomic E-state index is 13.0. The quantitative estimate of drug-likeness (QED) is 0.631. The highest BCUT2D eigenvalue weighted by atomic mass is 31.0. The molecule has 0 aromatic rings. The predicted octanol–water partition coefficient (Wildman–Crippen LogP) is 2.28. The molecule has 0 aliphatic heterocycles. The van der Waals surface area contributed by atoms with Gasteiger partial charge in [0.1, 0.15) is 0 Å². The van der Waals surface area contributed by atoms with Crippen LogP contribution in [0.2, 0.25) is 0 Å². The van der Waals surface area contributed by atoms with Gasteiger partial charge >= 0.3 is 5.91 Å². The van der Waals surface area contributed by atoms with Gasteiger partial charge in [0.05, 0.1) is 6.04 Å². The zero-order valence-electron chi connectivity index (χ0n) is 9.48. The number of hydrogen-bond acceptors (Lipinski definition) is 3. The number of carbonyl (C=O) groups excluding carboxylic acids is 1. The highest BCUT2D eigenvalue weighted by molar-refractivity contribution is 7.18. The Morgan fingerprint density at radius 1 is 1.50 bits per heavy atom. The lowest BCUT2D eigenvalue weighted by molar-refractivity contribution is -0.119. The molecule has 4 nitrogen and oxygen atoms in total. The molecule has 0 aromatic carbocycles. The first-order valence-corrected chi connectivity index (χ1v) is 5.79. The number of allylic oxidation sites excluding steroid dienone is 5. The standard InChI is InChI=1S/C11H13F2N2O2P/c12-11(13,18)8-3-1-2-7(4-5-8)6-9(14)10(16)15-17/h2-5,9H,1,6,14,18H2/t9-/m0/s1. The zero-order chi connectivity index (χ0) is 13.8. The summed E-state index contributed by atoms with van der Waals surface area (Å²) in [5, 5.41) is 2.23. The zero-order valence-corrected chi connectivity index (χ0v) is 10.6. The number of alkyl halides is 2. The van der Waals surface area contributed by atoms with Crippen LogP contribution in [-0.2, 0) is 4.79 Å². The minimum Gasteiger partial charge on any atom is -0.319 e. The van der Waals surface area contributed by atoms with Crippen molar-refractivity contribution >= 4 is 15.1 Å². The van der Waals surface area contributed by atoms with Gasteiger partial charge in [0.25, 0.3) is 5.66 Å². The van der Waals surface area contributed by atoms with Crippen LogP contribution in [-0.4, -0.2) is 17.6 Å². The molecule has 0 radical (unpaired) electrons. The predicted molar refractivity (Wildman–Crippen MR) is 68.0 cm³/mol. The lowest BCUT2D eigenvalue weighted by Crippen LogP contribution is -2.29. The van der Waals surface area contributed by atoms with Crippen LogP contribution < -0.4 is 5.73 Å². The molecule has 0 saturated carbocycles. The molecule has 1 unspecified atom stereocenters. The Hall–Kier alpha value is -1.26. The van der Waals surface area contributed by atoms with Gasteiger partial charge in [-0.25, -0.2) is 0 Å². The van der Waals surface area contributed by atoms with Gasteiger partial charge in [-0.15, -0.1) is 4.91 Å². The fraction of sp³-hybridized carbons (Fsp3) is 0.364. The number of nitrogens with two attached hydrogens (primary N) is 1. The monoisotopic (exact) mass is 274 g/mol. The Bertz CT molecular complexity index is 439. The third-order valence-corrected chi connectivity index (χ3v) is 2.78. The summed E-state index contributed by atoms with van der Waals surface area (Å²) in [6.45, 7) is 0. The Morgan fingerprint density at radius 3 is 2.72 bits per heavy atom. The van der Waals surface area contributed by atoms with Crippen molar-refractivity contribution in [3.05, 3.63) is 40.4 Å². The summed E-state index contributed by atoms with van der Waals surface area (Å²) < 4.78 is 26.1. The molecule has 0 heterocycles. The van der Waals surface area contributed by atoms with Crippen LogP contribution in [0, 0.1) is 4.91 Å². The third-order valence-electron chi connectivity index (χ3n) is 2.44. The van der Waals surface area contributed by atoms with Gasteiger partial charge in [0, 0.05) is 10.7 Å². The van der Waals surface area contributed by atoms with Crippen LogP contribution in [0.3, 0.4) is 0 Å². The van der Waals surface area contributed by atoms with Crippen molar-refractivity contribution in [3.8, 4) is 0 Å². The molecular formula is C11H13F2N2O2P. The average molecular weight is 274 g/mol. The normalized spacial score (nSPS) is 17.6. The fourth-order valence-corrected chi connectivity index (χ4v) is 1.69. The Balaban J connectivity index is 2.71. The molecule has 1 rings (SSSR count). The first-order chi connectivity index (χ1) is 8.34. The van der Waals surface area contributed by atoms with E-state index in [1.807, 2.05) is 0 Å². The van der Waals surface area contributed by atoms with Crippen LogP contribution >= 0.6 is 9.24 Å². The SMILES string of the molecule is N[C@@H](CC1=CCC=C(C(F)(F)P)C=C1)C(=O)N=O. The number of nitroso groups, excluding NO2 is 1. The first-order valence-electron chi connectivity index (χ1n) is 5.22. The highest BCUT2D eigenvalue weighted by Gasteiger charge is 2.26. The molecule has 7 heteroatoms. The summed E-state index contributed by atoms with van der Waals surface area (Å²) >= 11 is 0. The molecule has 18 heavy (non-hydrogen) atoms. The molecule has 2 atom stereocenters. The number of amides is 1. The third kappa shape index (κ3) is 4.20. The fourth-order valence-electron chi connectivity index (χ4n) is 1.48. The minimum absolute atomic E-state index is 0.102. The summed E-state index contributed by atoms with van der Waals surface area (Å²) in [5.74, 6) is -0.946. The van der Waals surface area contributed by atoms with Gasteiger partial charge < -0.3 is 5.73 Å². The van der Waals surface area contributed by atoms with Crippen LogP contribution in [0.25, 0.3) is 0 Å². The summed E-state index contributed by atoms with van der Waals surface area (Å²) in [5.41, 5.74) is 2.97. The van der Waals surface area contributed by atoms with E-state index in [2.05, 4.69) is 5.18 Å². The summed E-state index contributed by atoms with van der Waals surface area (Å²) in [6, 6.07) is -1.03. The van der Waals surface area contributed by atoms with E-state index in [4.69, 9.17) is 5.73 Å². The summed E-state index contributed by atoms with van der Waals surface area (Å²) in [6.07, 6.45) is 6.23. The Morgan fingerprint density at radius 2 is 2.17 bits per heavy atom. The van der Waals surface area contributed by atoms with E-state index in [1.54, 1.807) is 6.08 Å². The van der Waals surface area contributed by atoms with E-state index in [1.165, 1.54) is 27.5 Å². The molecule has 0 spiro atoms. The molecule has 0 saturated heterocycles. The minimum atomic E-state index is -2.98. The molecular weight excluding hydrogens is 261 g/mol. The number of halogens is 2. The van der Waals surface area contributed by atoms with Gasteiger partial charge in [-0.1, -0.05) is 33.5 Å². The van der Waals surface area contributed by atoms with Crippen molar-refractivity contribution in [2.45, 2.75) is 24.5 Å². The molecule has 0 bridgehead atoms. The number of nitrogens with zero attached hydrogens (tertiary/aromatic N) is 1. The van der Waals surface area contributed by atoms with Crippen LogP contribution in [0.15, 0.2) is 40.6 Å². The van der Waals surface area contributed by atoms with Gasteiger partial charge in [-0.05, 0) is 18.4 Å². The van der Waals surface area contributed by atoms with Crippen molar-refractivity contribution < 1.29 is 13.6 Å².